The van der Waals surface area contributed by atoms with Crippen molar-refractivity contribution in [3.05, 3.63) is 41.9 Å². The second-order valence-corrected chi connectivity index (χ2v) is 6.71. The first-order valence-corrected chi connectivity index (χ1v) is 8.14. The third-order valence-corrected chi connectivity index (χ3v) is 4.38. The standard InChI is InChI=1S/C17H21F2N5O/c1-10(2)16(23-15(25)3-11-5-17(18,19)6-11)12-4-14-22-13(7-20)9-24(14)21-8-12/h4,8-9,11,16H,1,3,5-7,20H2,2H3,(H,23,25)/t16-/m0/s1. The van der Waals surface area contributed by atoms with Crippen molar-refractivity contribution in [3.63, 3.8) is 0 Å². The molecule has 8 heteroatoms. The summed E-state index contributed by atoms with van der Waals surface area (Å²) in [6.07, 6.45) is 3.02. The summed E-state index contributed by atoms with van der Waals surface area (Å²) < 4.78 is 27.4. The highest BCUT2D eigenvalue weighted by Crippen LogP contribution is 2.44. The molecule has 0 aromatic carbocycles. The van der Waals surface area contributed by atoms with E-state index in [1.54, 1.807) is 23.8 Å². The van der Waals surface area contributed by atoms with Gasteiger partial charge in [0.05, 0.1) is 24.1 Å². The van der Waals surface area contributed by atoms with E-state index in [2.05, 4.69) is 22.0 Å². The van der Waals surface area contributed by atoms with E-state index in [1.807, 2.05) is 6.07 Å². The van der Waals surface area contributed by atoms with Gasteiger partial charge in [-0.25, -0.2) is 18.3 Å². The number of halogens is 2. The zero-order valence-electron chi connectivity index (χ0n) is 14.0. The summed E-state index contributed by atoms with van der Waals surface area (Å²) in [6, 6.07) is 1.37. The first kappa shape index (κ1) is 17.5. The lowest BCUT2D eigenvalue weighted by Crippen LogP contribution is -2.39. The number of nitrogens with zero attached hydrogens (tertiary/aromatic N) is 3. The molecule has 1 fully saturated rings. The summed E-state index contributed by atoms with van der Waals surface area (Å²) in [6.45, 7) is 6.02. The average Bonchev–Trinajstić information content (AvgIpc) is 2.92. The summed E-state index contributed by atoms with van der Waals surface area (Å²) in [4.78, 5) is 16.6. The zero-order chi connectivity index (χ0) is 18.2. The van der Waals surface area contributed by atoms with E-state index in [9.17, 15) is 13.6 Å². The van der Waals surface area contributed by atoms with Crippen LogP contribution >= 0.6 is 0 Å². The first-order valence-electron chi connectivity index (χ1n) is 8.14. The molecule has 0 unspecified atom stereocenters. The predicted molar refractivity (Wildman–Crippen MR) is 88.9 cm³/mol. The minimum Gasteiger partial charge on any atom is -0.345 e. The zero-order valence-corrected chi connectivity index (χ0v) is 14.0. The van der Waals surface area contributed by atoms with Gasteiger partial charge >= 0.3 is 0 Å². The fraction of sp³-hybridized carbons (Fsp3) is 0.471. The van der Waals surface area contributed by atoms with E-state index < -0.39 is 12.0 Å². The second kappa shape index (κ2) is 6.51. The van der Waals surface area contributed by atoms with Crippen LogP contribution in [0, 0.1) is 5.92 Å². The molecule has 1 atom stereocenters. The van der Waals surface area contributed by atoms with Gasteiger partial charge in [0.2, 0.25) is 11.8 Å². The van der Waals surface area contributed by atoms with Gasteiger partial charge in [-0.3, -0.25) is 4.79 Å². The van der Waals surface area contributed by atoms with Gasteiger partial charge in [-0.2, -0.15) is 5.10 Å². The Labute approximate surface area is 144 Å². The van der Waals surface area contributed by atoms with Crippen LogP contribution in [0.25, 0.3) is 5.65 Å². The number of nitrogens with two attached hydrogens (primary N) is 1. The average molecular weight is 349 g/mol. The van der Waals surface area contributed by atoms with Gasteiger partial charge in [0.25, 0.3) is 0 Å². The molecular formula is C17H21F2N5O. The first-order chi connectivity index (χ1) is 11.8. The normalized spacial score (nSPS) is 17.9. The van der Waals surface area contributed by atoms with Crippen molar-refractivity contribution in [2.45, 2.75) is 44.7 Å². The summed E-state index contributed by atoms with van der Waals surface area (Å²) >= 11 is 0. The van der Waals surface area contributed by atoms with Crippen molar-refractivity contribution in [1.29, 1.82) is 0 Å². The van der Waals surface area contributed by atoms with Gasteiger partial charge < -0.3 is 11.1 Å². The minimum absolute atomic E-state index is 0.0930. The number of fused-ring (bicyclic) bond motifs is 1. The van der Waals surface area contributed by atoms with Crippen LogP contribution in [-0.2, 0) is 11.3 Å². The van der Waals surface area contributed by atoms with Gasteiger partial charge in [-0.15, -0.1) is 0 Å². The third-order valence-electron chi connectivity index (χ3n) is 4.38. The van der Waals surface area contributed by atoms with Gasteiger partial charge in [-0.1, -0.05) is 12.2 Å². The molecule has 1 saturated carbocycles. The molecule has 1 aliphatic rings. The van der Waals surface area contributed by atoms with Crippen molar-refractivity contribution >= 4 is 11.6 Å². The number of carbonyl (C=O) groups is 1. The van der Waals surface area contributed by atoms with Crippen LogP contribution in [0.2, 0.25) is 0 Å². The van der Waals surface area contributed by atoms with Gasteiger partial charge in [0, 0.05) is 31.4 Å². The number of carbonyl (C=O) groups excluding carboxylic acids is 1. The third kappa shape index (κ3) is 3.84. The van der Waals surface area contributed by atoms with Crippen LogP contribution in [0.4, 0.5) is 8.78 Å². The van der Waals surface area contributed by atoms with Crippen molar-refractivity contribution < 1.29 is 13.6 Å². The SMILES string of the molecule is C=C(C)[C@H](NC(=O)CC1CC(F)(F)C1)c1cnn2cc(CN)nc2c1. The van der Waals surface area contributed by atoms with E-state index in [-0.39, 0.29) is 31.1 Å². The van der Waals surface area contributed by atoms with E-state index >= 15 is 0 Å². The molecule has 1 aliphatic carbocycles. The Balaban J connectivity index is 1.72. The van der Waals surface area contributed by atoms with Crippen LogP contribution in [0.1, 0.15) is 43.5 Å². The Morgan fingerprint density at radius 3 is 2.88 bits per heavy atom. The number of hydrogen-bond acceptors (Lipinski definition) is 4. The Morgan fingerprint density at radius 1 is 1.56 bits per heavy atom. The monoisotopic (exact) mass is 349 g/mol. The lowest BCUT2D eigenvalue weighted by Gasteiger charge is -2.34. The maximum atomic E-state index is 12.9. The van der Waals surface area contributed by atoms with Crippen molar-refractivity contribution in [2.24, 2.45) is 11.7 Å². The maximum Gasteiger partial charge on any atom is 0.248 e. The molecule has 25 heavy (non-hydrogen) atoms. The number of imidazole rings is 1. The number of amides is 1. The summed E-state index contributed by atoms with van der Waals surface area (Å²) in [5.41, 5.74) is 8.38. The van der Waals surface area contributed by atoms with Gasteiger partial charge in [-0.05, 0) is 18.9 Å². The van der Waals surface area contributed by atoms with Gasteiger partial charge in [0.1, 0.15) is 0 Å². The highest BCUT2D eigenvalue weighted by atomic mass is 19.3. The molecule has 0 radical (unpaired) electrons. The molecule has 3 N–H and O–H groups in total. The molecule has 0 spiro atoms. The molecule has 0 aliphatic heterocycles. The molecule has 0 saturated heterocycles. The Kier molecular flexibility index (Phi) is 4.55. The Hall–Kier alpha value is -2.35. The van der Waals surface area contributed by atoms with Crippen molar-refractivity contribution in [3.8, 4) is 0 Å². The highest BCUT2D eigenvalue weighted by molar-refractivity contribution is 5.77. The molecule has 1 amide bonds. The van der Waals surface area contributed by atoms with E-state index in [1.165, 1.54) is 0 Å². The topological polar surface area (TPSA) is 85.3 Å². The fourth-order valence-corrected chi connectivity index (χ4v) is 3.10. The number of alkyl halides is 2. The quantitative estimate of drug-likeness (QED) is 0.784. The van der Waals surface area contributed by atoms with Crippen LogP contribution in [0.5, 0.6) is 0 Å². The van der Waals surface area contributed by atoms with Crippen LogP contribution < -0.4 is 11.1 Å². The number of rotatable bonds is 6. The smallest absolute Gasteiger partial charge is 0.248 e. The minimum atomic E-state index is -2.62. The molecule has 2 aromatic heterocycles. The molecule has 134 valence electrons. The van der Waals surface area contributed by atoms with Crippen molar-refractivity contribution in [1.82, 2.24) is 19.9 Å². The van der Waals surface area contributed by atoms with E-state index in [4.69, 9.17) is 5.73 Å². The number of hydrogen-bond donors (Lipinski definition) is 2. The molecule has 2 heterocycles. The second-order valence-electron chi connectivity index (χ2n) is 6.71. The van der Waals surface area contributed by atoms with E-state index in [0.717, 1.165) is 11.1 Å². The van der Waals surface area contributed by atoms with Crippen molar-refractivity contribution in [2.75, 3.05) is 0 Å². The van der Waals surface area contributed by atoms with Crippen LogP contribution in [-0.4, -0.2) is 26.4 Å². The summed E-state index contributed by atoms with van der Waals surface area (Å²) in [5.74, 6) is -3.14. The summed E-state index contributed by atoms with van der Waals surface area (Å²) in [5, 5.41) is 7.13. The summed E-state index contributed by atoms with van der Waals surface area (Å²) in [7, 11) is 0. The lowest BCUT2D eigenvalue weighted by molar-refractivity contribution is -0.134. The fourth-order valence-electron chi connectivity index (χ4n) is 3.10. The number of nitrogens with one attached hydrogen (secondary N) is 1. The molecule has 2 aromatic rings. The van der Waals surface area contributed by atoms with Gasteiger partial charge in [0.15, 0.2) is 5.65 Å². The van der Waals surface area contributed by atoms with Crippen LogP contribution in [0.3, 0.4) is 0 Å². The van der Waals surface area contributed by atoms with Crippen LogP contribution in [0.15, 0.2) is 30.6 Å². The highest BCUT2D eigenvalue weighted by Gasteiger charge is 2.45. The maximum absolute atomic E-state index is 12.9. The molecular weight excluding hydrogens is 328 g/mol. The molecule has 3 rings (SSSR count). The molecule has 0 bridgehead atoms. The predicted octanol–water partition coefficient (Wildman–Crippen LogP) is 2.36. The largest absolute Gasteiger partial charge is 0.345 e. The van der Waals surface area contributed by atoms with E-state index in [0.29, 0.717) is 17.9 Å². The Bertz CT molecular complexity index is 808. The number of aromatic nitrogens is 3. The Morgan fingerprint density at radius 2 is 2.28 bits per heavy atom. The molecule has 6 nitrogen and oxygen atoms in total. The lowest BCUT2D eigenvalue weighted by atomic mass is 9.79.